The van der Waals surface area contributed by atoms with Gasteiger partial charge in [0.1, 0.15) is 5.15 Å². The van der Waals surface area contributed by atoms with E-state index >= 15 is 0 Å². The second kappa shape index (κ2) is 4.14. The molecule has 1 atom stereocenters. The van der Waals surface area contributed by atoms with Gasteiger partial charge in [0.2, 0.25) is 0 Å². The molecule has 3 rings (SSSR count). The van der Waals surface area contributed by atoms with E-state index in [-0.39, 0.29) is 11.9 Å². The summed E-state index contributed by atoms with van der Waals surface area (Å²) in [6.07, 6.45) is 2.47. The molecule has 2 N–H and O–H groups in total. The van der Waals surface area contributed by atoms with Crippen molar-refractivity contribution in [1.82, 2.24) is 15.3 Å². The topological polar surface area (TPSA) is 57.8 Å². The lowest BCUT2D eigenvalue weighted by atomic mass is 10.0. The number of hydrogen-bond acceptors (Lipinski definition) is 2. The highest BCUT2D eigenvalue weighted by atomic mass is 35.5. The molecule has 1 aliphatic heterocycles. The Morgan fingerprint density at radius 2 is 2.28 bits per heavy atom. The van der Waals surface area contributed by atoms with Crippen LogP contribution in [0.4, 0.5) is 0 Å². The lowest BCUT2D eigenvalue weighted by molar-refractivity contribution is 0.0929. The van der Waals surface area contributed by atoms with E-state index < -0.39 is 0 Å². The molecule has 0 aliphatic carbocycles. The van der Waals surface area contributed by atoms with Crippen LogP contribution in [-0.4, -0.2) is 21.9 Å². The van der Waals surface area contributed by atoms with Gasteiger partial charge in [-0.2, -0.15) is 0 Å². The molecule has 1 aliphatic rings. The number of hydrogen-bond donors (Lipinski definition) is 2. The molecule has 0 saturated heterocycles. The second-order valence-electron chi connectivity index (χ2n) is 4.52. The van der Waals surface area contributed by atoms with Crippen molar-refractivity contribution in [3.05, 3.63) is 40.8 Å². The van der Waals surface area contributed by atoms with E-state index in [0.29, 0.717) is 5.15 Å². The van der Waals surface area contributed by atoms with Crippen LogP contribution in [0.25, 0.3) is 11.3 Å². The number of nitrogens with zero attached hydrogens (tertiary/aromatic N) is 1. The number of rotatable bonds is 1. The first-order valence-corrected chi connectivity index (χ1v) is 6.16. The van der Waals surface area contributed by atoms with Gasteiger partial charge >= 0.3 is 0 Å². The lowest BCUT2D eigenvalue weighted by Crippen LogP contribution is -2.38. The molecule has 92 valence electrons. The molecule has 1 amide bonds. The van der Waals surface area contributed by atoms with Crippen LogP contribution in [0.15, 0.2) is 24.4 Å². The Bertz CT molecular complexity index is 620. The number of carbonyl (C=O) groups excluding carboxylic acids is 1. The van der Waals surface area contributed by atoms with Crippen molar-refractivity contribution < 1.29 is 4.79 Å². The Balaban J connectivity index is 2.06. The van der Waals surface area contributed by atoms with E-state index in [1.165, 1.54) is 0 Å². The molecule has 0 radical (unpaired) electrons. The van der Waals surface area contributed by atoms with Gasteiger partial charge < -0.3 is 10.3 Å². The Labute approximate surface area is 109 Å². The van der Waals surface area contributed by atoms with Gasteiger partial charge in [-0.05, 0) is 25.1 Å². The van der Waals surface area contributed by atoms with Crippen molar-refractivity contribution in [3.63, 3.8) is 0 Å². The largest absolute Gasteiger partial charge is 0.358 e. The number of halogens is 1. The van der Waals surface area contributed by atoms with E-state index in [9.17, 15) is 4.79 Å². The summed E-state index contributed by atoms with van der Waals surface area (Å²) in [5.74, 6) is -0.0218. The summed E-state index contributed by atoms with van der Waals surface area (Å²) in [5, 5.41) is 3.36. The van der Waals surface area contributed by atoms with Gasteiger partial charge in [0.25, 0.3) is 5.91 Å². The van der Waals surface area contributed by atoms with E-state index in [1.807, 2.05) is 19.1 Å². The fraction of sp³-hybridized carbons (Fsp3) is 0.231. The van der Waals surface area contributed by atoms with Crippen molar-refractivity contribution in [2.45, 2.75) is 19.4 Å². The van der Waals surface area contributed by atoms with Crippen LogP contribution in [0.2, 0.25) is 5.15 Å². The molecule has 0 bridgehead atoms. The smallest absolute Gasteiger partial charge is 0.253 e. The Hall–Kier alpha value is -1.81. The van der Waals surface area contributed by atoms with Crippen molar-refractivity contribution in [3.8, 4) is 11.3 Å². The molecule has 0 spiro atoms. The highest BCUT2D eigenvalue weighted by Crippen LogP contribution is 2.26. The monoisotopic (exact) mass is 261 g/mol. The van der Waals surface area contributed by atoms with E-state index in [4.69, 9.17) is 11.6 Å². The first-order valence-electron chi connectivity index (χ1n) is 5.78. The maximum absolute atomic E-state index is 11.8. The maximum atomic E-state index is 11.8. The van der Waals surface area contributed by atoms with Crippen molar-refractivity contribution in [2.75, 3.05) is 0 Å². The molecule has 0 fully saturated rings. The van der Waals surface area contributed by atoms with Gasteiger partial charge in [-0.25, -0.2) is 4.98 Å². The molecule has 0 saturated carbocycles. The predicted octanol–water partition coefficient (Wildman–Crippen LogP) is 2.40. The third kappa shape index (κ3) is 1.88. The number of aromatic nitrogens is 2. The number of pyridine rings is 1. The zero-order chi connectivity index (χ0) is 12.7. The molecule has 4 nitrogen and oxygen atoms in total. The SMILES string of the molecule is C[C@@H]1Cc2[nH]c(-c3ccnc(Cl)c3)cc2C(=O)N1. The lowest BCUT2D eigenvalue weighted by Gasteiger charge is -2.19. The number of nitrogens with one attached hydrogen (secondary N) is 2. The quantitative estimate of drug-likeness (QED) is 0.775. The molecule has 3 heterocycles. The Morgan fingerprint density at radius 3 is 3.06 bits per heavy atom. The average molecular weight is 262 g/mol. The summed E-state index contributed by atoms with van der Waals surface area (Å²) in [5.41, 5.74) is 3.53. The summed E-state index contributed by atoms with van der Waals surface area (Å²) < 4.78 is 0. The number of H-pyrrole nitrogens is 1. The minimum atomic E-state index is -0.0218. The molecule has 5 heteroatoms. The van der Waals surface area contributed by atoms with Gasteiger partial charge in [-0.15, -0.1) is 0 Å². The van der Waals surface area contributed by atoms with Gasteiger partial charge in [-0.3, -0.25) is 4.79 Å². The fourth-order valence-electron chi connectivity index (χ4n) is 2.25. The van der Waals surface area contributed by atoms with Crippen LogP contribution in [0.3, 0.4) is 0 Å². The maximum Gasteiger partial charge on any atom is 0.253 e. The molecular formula is C13H12ClN3O. The molecule has 0 unspecified atom stereocenters. The first-order chi connectivity index (χ1) is 8.63. The highest BCUT2D eigenvalue weighted by Gasteiger charge is 2.24. The Morgan fingerprint density at radius 1 is 1.44 bits per heavy atom. The third-order valence-electron chi connectivity index (χ3n) is 3.07. The van der Waals surface area contributed by atoms with E-state index in [1.54, 1.807) is 12.3 Å². The van der Waals surface area contributed by atoms with Crippen molar-refractivity contribution in [1.29, 1.82) is 0 Å². The zero-order valence-electron chi connectivity index (χ0n) is 9.83. The zero-order valence-corrected chi connectivity index (χ0v) is 10.6. The van der Waals surface area contributed by atoms with Crippen LogP contribution in [0, 0.1) is 0 Å². The van der Waals surface area contributed by atoms with Crippen LogP contribution in [0.1, 0.15) is 23.0 Å². The number of amides is 1. The van der Waals surface area contributed by atoms with Crippen LogP contribution in [0.5, 0.6) is 0 Å². The number of aromatic amines is 1. The van der Waals surface area contributed by atoms with Crippen molar-refractivity contribution in [2.24, 2.45) is 0 Å². The number of carbonyl (C=O) groups is 1. The minimum Gasteiger partial charge on any atom is -0.358 e. The van der Waals surface area contributed by atoms with E-state index in [0.717, 1.165) is 28.9 Å². The van der Waals surface area contributed by atoms with E-state index in [2.05, 4.69) is 15.3 Å². The third-order valence-corrected chi connectivity index (χ3v) is 3.28. The summed E-state index contributed by atoms with van der Waals surface area (Å²) in [6.45, 7) is 1.99. The van der Waals surface area contributed by atoms with Gasteiger partial charge in [0, 0.05) is 35.6 Å². The summed E-state index contributed by atoms with van der Waals surface area (Å²) >= 11 is 5.87. The summed E-state index contributed by atoms with van der Waals surface area (Å²) in [7, 11) is 0. The molecule has 18 heavy (non-hydrogen) atoms. The molecule has 0 aromatic carbocycles. The Kier molecular flexibility index (Phi) is 2.59. The van der Waals surface area contributed by atoms with Crippen LogP contribution < -0.4 is 5.32 Å². The first kappa shape index (κ1) is 11.3. The fourth-order valence-corrected chi connectivity index (χ4v) is 2.42. The van der Waals surface area contributed by atoms with Gasteiger partial charge in [0.15, 0.2) is 0 Å². The summed E-state index contributed by atoms with van der Waals surface area (Å²) in [6, 6.07) is 5.67. The van der Waals surface area contributed by atoms with Gasteiger partial charge in [-0.1, -0.05) is 11.6 Å². The average Bonchev–Trinajstić information content (AvgIpc) is 2.73. The normalized spacial score (nSPS) is 18.3. The number of fused-ring (bicyclic) bond motifs is 1. The van der Waals surface area contributed by atoms with Crippen LogP contribution in [-0.2, 0) is 6.42 Å². The van der Waals surface area contributed by atoms with Crippen LogP contribution >= 0.6 is 11.6 Å². The predicted molar refractivity (Wildman–Crippen MR) is 69.7 cm³/mol. The second-order valence-corrected chi connectivity index (χ2v) is 4.91. The van der Waals surface area contributed by atoms with Crippen molar-refractivity contribution >= 4 is 17.5 Å². The van der Waals surface area contributed by atoms with Gasteiger partial charge in [0.05, 0.1) is 5.56 Å². The minimum absolute atomic E-state index is 0.0218. The molecule has 2 aromatic rings. The molecule has 2 aromatic heterocycles. The highest BCUT2D eigenvalue weighted by molar-refractivity contribution is 6.29. The molecular weight excluding hydrogens is 250 g/mol. The summed E-state index contributed by atoms with van der Waals surface area (Å²) in [4.78, 5) is 19.1. The standard InChI is InChI=1S/C13H12ClN3O/c1-7-4-11-9(13(18)16-7)6-10(17-11)8-2-3-15-12(14)5-8/h2-3,5-7,17H,4H2,1H3,(H,16,18)/t7-/m1/s1.